The Morgan fingerprint density at radius 1 is 1.19 bits per heavy atom. The van der Waals surface area contributed by atoms with Crippen molar-refractivity contribution in [3.63, 3.8) is 0 Å². The van der Waals surface area contributed by atoms with Crippen LogP contribution in [0, 0.1) is 28.1 Å². The normalized spacial score (nSPS) is 48.4. The maximum absolute atomic E-state index is 13.0. The van der Waals surface area contributed by atoms with Crippen LogP contribution in [-0.2, 0) is 19.1 Å². The fourth-order valence-electron chi connectivity index (χ4n) is 6.36. The number of hydrogen-bond donors (Lipinski definition) is 0. The molecule has 0 aromatic rings. The molecular weight excluding hydrogens is 288 g/mol. The molecule has 21 heavy (non-hydrogen) atoms. The quantitative estimate of drug-likeness (QED) is 0.735. The van der Waals surface area contributed by atoms with Gasteiger partial charge in [0.15, 0.2) is 0 Å². The van der Waals surface area contributed by atoms with Crippen molar-refractivity contribution >= 4 is 15.9 Å². The zero-order chi connectivity index (χ0) is 15.8. The number of Topliss-reactive ketones (excluding diaryl/α,β-unsaturated/α-hetero) is 1. The van der Waals surface area contributed by atoms with E-state index in [9.17, 15) is 13.2 Å². The number of carbonyl (C=O) groups is 1. The topological polar surface area (TPSA) is 60.4 Å². The van der Waals surface area contributed by atoms with Gasteiger partial charge in [-0.3, -0.25) is 8.98 Å². The van der Waals surface area contributed by atoms with E-state index in [1.54, 1.807) is 0 Å². The molecule has 0 spiro atoms. The zero-order valence-electron chi connectivity index (χ0n) is 13.6. The lowest BCUT2D eigenvalue weighted by atomic mass is 9.48. The average Bonchev–Trinajstić information content (AvgIpc) is 2.63. The maximum atomic E-state index is 13.0. The zero-order valence-corrected chi connectivity index (χ0v) is 14.4. The predicted molar refractivity (Wildman–Crippen MR) is 80.2 cm³/mol. The highest BCUT2D eigenvalue weighted by atomic mass is 32.2. The molecule has 0 heterocycles. The molecule has 0 saturated heterocycles. The molecule has 5 heteroatoms. The molecule has 0 amide bonds. The van der Waals surface area contributed by atoms with Crippen molar-refractivity contribution in [2.45, 2.75) is 59.5 Å². The number of carbonyl (C=O) groups excluding carboxylic acids is 1. The molecule has 120 valence electrons. The first-order valence-electron chi connectivity index (χ1n) is 7.89. The fraction of sp³-hybridized carbons (Fsp3) is 0.938. The minimum absolute atomic E-state index is 0.0271. The molecule has 3 rings (SSSR count). The first kappa shape index (κ1) is 15.5. The molecule has 0 unspecified atom stereocenters. The van der Waals surface area contributed by atoms with Crippen LogP contribution in [0.4, 0.5) is 0 Å². The van der Waals surface area contributed by atoms with Gasteiger partial charge in [-0.25, -0.2) is 0 Å². The van der Waals surface area contributed by atoms with E-state index in [-0.39, 0.29) is 28.8 Å². The van der Waals surface area contributed by atoms with Crippen LogP contribution in [-0.4, -0.2) is 26.6 Å². The standard InChI is InChI=1S/C16H26O4S/c1-10-12-11(20-21(5,18)19)9-16(13(10)17)14(2,3)7-6-8-15(12,16)4/h10-12H,6-9H2,1-5H3/t10-,11-,12-,15-,16-/m1/s1. The largest absolute Gasteiger partial charge is 0.299 e. The van der Waals surface area contributed by atoms with E-state index in [0.29, 0.717) is 12.2 Å². The van der Waals surface area contributed by atoms with Crippen molar-refractivity contribution in [2.75, 3.05) is 6.26 Å². The summed E-state index contributed by atoms with van der Waals surface area (Å²) in [7, 11) is -3.49. The molecule has 0 aromatic carbocycles. The Balaban J connectivity index is 2.13. The van der Waals surface area contributed by atoms with Gasteiger partial charge in [0.2, 0.25) is 0 Å². The summed E-state index contributed by atoms with van der Waals surface area (Å²) in [5, 5.41) is 0. The summed E-state index contributed by atoms with van der Waals surface area (Å²) in [5.74, 6) is 0.264. The third-order valence-electron chi connectivity index (χ3n) is 6.94. The van der Waals surface area contributed by atoms with E-state index >= 15 is 0 Å². The van der Waals surface area contributed by atoms with E-state index in [1.165, 1.54) is 0 Å². The summed E-state index contributed by atoms with van der Waals surface area (Å²) in [6.07, 6.45) is 4.47. The second-order valence-electron chi connectivity index (χ2n) is 8.28. The van der Waals surface area contributed by atoms with Gasteiger partial charge in [-0.05, 0) is 30.1 Å². The van der Waals surface area contributed by atoms with Crippen LogP contribution in [0.15, 0.2) is 0 Å². The molecular formula is C16H26O4S. The van der Waals surface area contributed by atoms with Gasteiger partial charge in [0, 0.05) is 17.3 Å². The van der Waals surface area contributed by atoms with E-state index < -0.39 is 15.5 Å². The van der Waals surface area contributed by atoms with Gasteiger partial charge in [-0.15, -0.1) is 0 Å². The lowest BCUT2D eigenvalue weighted by Gasteiger charge is -2.54. The number of rotatable bonds is 2. The lowest BCUT2D eigenvalue weighted by Crippen LogP contribution is -2.52. The van der Waals surface area contributed by atoms with Crippen LogP contribution in [0.2, 0.25) is 0 Å². The van der Waals surface area contributed by atoms with Crippen LogP contribution in [0.1, 0.15) is 53.4 Å². The van der Waals surface area contributed by atoms with Crippen molar-refractivity contribution < 1.29 is 17.4 Å². The van der Waals surface area contributed by atoms with E-state index in [2.05, 4.69) is 20.8 Å². The molecule has 4 nitrogen and oxygen atoms in total. The highest BCUT2D eigenvalue weighted by Gasteiger charge is 2.78. The van der Waals surface area contributed by atoms with Gasteiger partial charge in [0.1, 0.15) is 5.78 Å². The van der Waals surface area contributed by atoms with Crippen LogP contribution < -0.4 is 0 Å². The maximum Gasteiger partial charge on any atom is 0.264 e. The molecule has 3 fully saturated rings. The highest BCUT2D eigenvalue weighted by molar-refractivity contribution is 7.86. The van der Waals surface area contributed by atoms with Crippen LogP contribution in [0.5, 0.6) is 0 Å². The van der Waals surface area contributed by atoms with Crippen LogP contribution >= 0.6 is 0 Å². The summed E-state index contributed by atoms with van der Waals surface area (Å²) >= 11 is 0. The summed E-state index contributed by atoms with van der Waals surface area (Å²) in [6.45, 7) is 8.53. The number of hydrogen-bond acceptors (Lipinski definition) is 4. The predicted octanol–water partition coefficient (Wildman–Crippen LogP) is 2.77. The SMILES string of the molecule is C[C@H]1C(=O)[C@@]23C[C@@H](OS(C)(=O)=O)[C@@H]1[C@@]2(C)CCCC3(C)C. The molecule has 3 aliphatic rings. The van der Waals surface area contributed by atoms with Gasteiger partial charge < -0.3 is 0 Å². The third-order valence-corrected chi connectivity index (χ3v) is 7.54. The second-order valence-corrected chi connectivity index (χ2v) is 9.88. The number of ketones is 1. The van der Waals surface area contributed by atoms with Crippen LogP contribution in [0.25, 0.3) is 0 Å². The third kappa shape index (κ3) is 1.70. The summed E-state index contributed by atoms with van der Waals surface area (Å²) in [4.78, 5) is 13.0. The van der Waals surface area contributed by atoms with Crippen molar-refractivity contribution in [1.29, 1.82) is 0 Å². The van der Waals surface area contributed by atoms with E-state index in [4.69, 9.17) is 4.18 Å². The second kappa shape index (κ2) is 4.10. The summed E-state index contributed by atoms with van der Waals surface area (Å²) < 4.78 is 28.6. The lowest BCUT2D eigenvalue weighted by molar-refractivity contribution is -0.148. The summed E-state index contributed by atoms with van der Waals surface area (Å²) in [5.41, 5.74) is -0.631. The molecule has 0 aromatic heterocycles. The molecule has 3 aliphatic carbocycles. The Morgan fingerprint density at radius 3 is 2.33 bits per heavy atom. The average molecular weight is 314 g/mol. The fourth-order valence-corrected chi connectivity index (χ4v) is 6.99. The van der Waals surface area contributed by atoms with Crippen molar-refractivity contribution in [3.05, 3.63) is 0 Å². The molecule has 5 atom stereocenters. The first-order chi connectivity index (χ1) is 9.46. The Hall–Kier alpha value is -0.420. The minimum atomic E-state index is -3.49. The van der Waals surface area contributed by atoms with Gasteiger partial charge in [0.25, 0.3) is 10.1 Å². The highest BCUT2D eigenvalue weighted by Crippen LogP contribution is 2.76. The Labute approximate surface area is 127 Å². The minimum Gasteiger partial charge on any atom is -0.299 e. The molecule has 2 bridgehead atoms. The van der Waals surface area contributed by atoms with Gasteiger partial charge in [0.05, 0.1) is 12.4 Å². The van der Waals surface area contributed by atoms with Gasteiger partial charge in [-0.1, -0.05) is 34.1 Å². The molecule has 0 radical (unpaired) electrons. The Kier molecular flexibility index (Phi) is 3.02. The van der Waals surface area contributed by atoms with Gasteiger partial charge in [-0.2, -0.15) is 8.42 Å². The monoisotopic (exact) mass is 314 g/mol. The molecule has 0 N–H and O–H groups in total. The van der Waals surface area contributed by atoms with Gasteiger partial charge >= 0.3 is 0 Å². The molecule has 0 aliphatic heterocycles. The Morgan fingerprint density at radius 2 is 1.81 bits per heavy atom. The summed E-state index contributed by atoms with van der Waals surface area (Å²) in [6, 6.07) is 0. The molecule has 3 saturated carbocycles. The Bertz CT molecular complexity index is 593. The smallest absolute Gasteiger partial charge is 0.264 e. The van der Waals surface area contributed by atoms with E-state index in [1.807, 2.05) is 6.92 Å². The van der Waals surface area contributed by atoms with Crippen molar-refractivity contribution in [3.8, 4) is 0 Å². The first-order valence-corrected chi connectivity index (χ1v) is 9.70. The van der Waals surface area contributed by atoms with Crippen molar-refractivity contribution in [2.24, 2.45) is 28.1 Å². The van der Waals surface area contributed by atoms with E-state index in [0.717, 1.165) is 25.5 Å². The van der Waals surface area contributed by atoms with Crippen molar-refractivity contribution in [1.82, 2.24) is 0 Å². The van der Waals surface area contributed by atoms with Crippen LogP contribution in [0.3, 0.4) is 0 Å².